The highest BCUT2D eigenvalue weighted by atomic mass is 35.5. The largest absolute Gasteiger partial charge is 0.399 e. The third-order valence-corrected chi connectivity index (χ3v) is 15.3. The summed E-state index contributed by atoms with van der Waals surface area (Å²) in [4.78, 5) is 113. The highest BCUT2D eigenvalue weighted by Crippen LogP contribution is 2.32. The molecule has 0 spiro atoms. The van der Waals surface area contributed by atoms with Crippen molar-refractivity contribution in [2.75, 3.05) is 32.9 Å². The van der Waals surface area contributed by atoms with Crippen molar-refractivity contribution in [3.63, 3.8) is 0 Å². The third-order valence-electron chi connectivity index (χ3n) is 15.3. The Morgan fingerprint density at radius 2 is 0.961 bits per heavy atom. The smallest absolute Gasteiger partial charge is 0.245 e. The molecule has 0 saturated carbocycles. The van der Waals surface area contributed by atoms with Crippen LogP contribution in [0.1, 0.15) is 159 Å². The SMILES string of the molecule is CN[C@@H](C)C(=O)N[C@@H](CCCC(=O)c1cc(N)cc(C(=O)CCC[C@H](NC(=O)[C@H](C)NC)C(=O)N2CCC[C@H]2C(=O)N[C@@H]2CCCc3ccccc32)c1)C(=O)N1CCC[C@H]1C(=O)N[C@@H]1CCCc2ccccc21.Cl.Cl.Cl. The molecule has 0 bridgehead atoms. The van der Waals surface area contributed by atoms with Crippen LogP contribution in [0.5, 0.6) is 0 Å². The van der Waals surface area contributed by atoms with E-state index in [0.29, 0.717) is 38.8 Å². The minimum Gasteiger partial charge on any atom is -0.399 e. The second-order valence-corrected chi connectivity index (χ2v) is 20.3. The van der Waals surface area contributed by atoms with Crippen molar-refractivity contribution in [2.45, 2.75) is 165 Å². The molecule has 76 heavy (non-hydrogen) atoms. The molecular formula is C56H78Cl3N9O8. The van der Waals surface area contributed by atoms with Crippen molar-refractivity contribution in [1.82, 2.24) is 41.7 Å². The summed E-state index contributed by atoms with van der Waals surface area (Å²) in [6.45, 7) is 4.08. The lowest BCUT2D eigenvalue weighted by atomic mass is 9.87. The van der Waals surface area contributed by atoms with Crippen molar-refractivity contribution in [1.29, 1.82) is 0 Å². The van der Waals surface area contributed by atoms with Crippen LogP contribution in [-0.2, 0) is 41.6 Å². The van der Waals surface area contributed by atoms with Gasteiger partial charge in [0.15, 0.2) is 11.6 Å². The summed E-state index contributed by atoms with van der Waals surface area (Å²) in [5.74, 6) is -2.60. The van der Waals surface area contributed by atoms with E-state index < -0.39 is 36.3 Å². The number of aryl methyl sites for hydroxylation is 2. The topological polar surface area (TPSA) is 241 Å². The lowest BCUT2D eigenvalue weighted by Gasteiger charge is -2.32. The molecule has 2 aliphatic carbocycles. The molecule has 4 aliphatic rings. The summed E-state index contributed by atoms with van der Waals surface area (Å²) in [7, 11) is 3.28. The molecule has 0 radical (unpaired) electrons. The highest BCUT2D eigenvalue weighted by Gasteiger charge is 2.41. The third kappa shape index (κ3) is 15.8. The van der Waals surface area contributed by atoms with Crippen LogP contribution in [0.15, 0.2) is 66.7 Å². The van der Waals surface area contributed by atoms with Gasteiger partial charge >= 0.3 is 0 Å². The molecule has 17 nitrogen and oxygen atoms in total. The molecule has 2 fully saturated rings. The van der Waals surface area contributed by atoms with E-state index in [-0.39, 0.29) is 152 Å². The molecule has 8 N–H and O–H groups in total. The number of halogens is 3. The Bertz CT molecular complexity index is 2370. The average Bonchev–Trinajstić information content (AvgIpc) is 4.11. The first kappa shape index (κ1) is 62.9. The quantitative estimate of drug-likeness (QED) is 0.0469. The summed E-state index contributed by atoms with van der Waals surface area (Å²) >= 11 is 0. The standard InChI is InChI=1S/C56H75N9O8.3ClH/c1-34(58-3)51(68)62-45(55(72)64-29-13-25-47(64)53(70)60-43-21-9-17-36-15-5-7-19-41(36)43)23-11-27-49(66)38-31-39(33-40(57)32-38)50(67)28-12-24-46(63-52(69)35(2)59-4)56(73)65-30-14-26-48(65)54(71)61-44-22-10-18-37-16-6-8-20-42(37)44;;;/h5-8,15-16,19-20,31-35,43-48,58-59H,9-14,17-18,21-30,57H2,1-4H3,(H,60,70)(H,61,71)(H,62,68)(H,63,69);3*1H/t34-,35-,43+,44+,45-,46-,47-,48-;;;/m0.../s1. The molecule has 2 aliphatic heterocycles. The fraction of sp³-hybridized carbons (Fsp3) is 0.536. The van der Waals surface area contributed by atoms with Gasteiger partial charge < -0.3 is 47.4 Å². The number of likely N-dealkylation sites (N-methyl/N-ethyl adjacent to an activating group) is 2. The lowest BCUT2D eigenvalue weighted by molar-refractivity contribution is -0.142. The number of rotatable bonds is 22. The molecule has 2 heterocycles. The van der Waals surface area contributed by atoms with Crippen LogP contribution in [-0.4, -0.2) is 120 Å². The second kappa shape index (κ2) is 29.8. The maximum Gasteiger partial charge on any atom is 0.245 e. The van der Waals surface area contributed by atoms with Crippen molar-refractivity contribution in [2.24, 2.45) is 0 Å². The van der Waals surface area contributed by atoms with Crippen LogP contribution < -0.4 is 37.6 Å². The molecule has 6 amide bonds. The van der Waals surface area contributed by atoms with Gasteiger partial charge in [0, 0.05) is 42.7 Å². The fourth-order valence-corrected chi connectivity index (χ4v) is 10.9. The molecule has 0 unspecified atom stereocenters. The molecule has 3 aromatic rings. The summed E-state index contributed by atoms with van der Waals surface area (Å²) in [5, 5.41) is 18.0. The number of nitrogens with one attached hydrogen (secondary N) is 6. The van der Waals surface area contributed by atoms with Crippen LogP contribution in [0, 0.1) is 0 Å². The Labute approximate surface area is 465 Å². The zero-order valence-corrected chi connectivity index (χ0v) is 46.6. The van der Waals surface area contributed by atoms with Gasteiger partial charge in [0.1, 0.15) is 24.2 Å². The Hall–Kier alpha value is -5.59. The van der Waals surface area contributed by atoms with Gasteiger partial charge in [-0.05, 0) is 158 Å². The normalized spacial score (nSPS) is 20.1. The van der Waals surface area contributed by atoms with Gasteiger partial charge in [0.2, 0.25) is 35.4 Å². The number of nitrogen functional groups attached to an aromatic ring is 1. The Kier molecular flexibility index (Phi) is 24.7. The number of amides is 6. The van der Waals surface area contributed by atoms with E-state index in [4.69, 9.17) is 5.73 Å². The molecule has 2 saturated heterocycles. The number of nitrogens with two attached hydrogens (primary N) is 1. The molecule has 20 heteroatoms. The molecule has 416 valence electrons. The zero-order chi connectivity index (χ0) is 52.2. The van der Waals surface area contributed by atoms with Gasteiger partial charge in [0.05, 0.1) is 24.2 Å². The maximum absolute atomic E-state index is 14.3. The number of likely N-dealkylation sites (tertiary alicyclic amines) is 2. The predicted octanol–water partition coefficient (Wildman–Crippen LogP) is 5.80. The van der Waals surface area contributed by atoms with E-state index in [1.807, 2.05) is 36.4 Å². The van der Waals surface area contributed by atoms with Crippen molar-refractivity contribution in [3.8, 4) is 0 Å². The van der Waals surface area contributed by atoms with E-state index >= 15 is 0 Å². The maximum atomic E-state index is 14.3. The van der Waals surface area contributed by atoms with Crippen LogP contribution in [0.2, 0.25) is 0 Å². The first-order valence-corrected chi connectivity index (χ1v) is 26.5. The minimum atomic E-state index is -0.993. The summed E-state index contributed by atoms with van der Waals surface area (Å²) < 4.78 is 0. The number of anilines is 1. The summed E-state index contributed by atoms with van der Waals surface area (Å²) in [5.41, 5.74) is 11.5. The number of carbonyl (C=O) groups is 8. The highest BCUT2D eigenvalue weighted by molar-refractivity contribution is 6.03. The van der Waals surface area contributed by atoms with Crippen LogP contribution >= 0.6 is 37.2 Å². The van der Waals surface area contributed by atoms with Crippen LogP contribution in [0.4, 0.5) is 5.69 Å². The van der Waals surface area contributed by atoms with Gasteiger partial charge in [-0.2, -0.15) is 0 Å². The van der Waals surface area contributed by atoms with Crippen LogP contribution in [0.3, 0.4) is 0 Å². The predicted molar refractivity (Wildman–Crippen MR) is 300 cm³/mol. The van der Waals surface area contributed by atoms with Crippen LogP contribution in [0.25, 0.3) is 0 Å². The second-order valence-electron chi connectivity index (χ2n) is 20.3. The zero-order valence-electron chi connectivity index (χ0n) is 44.2. The summed E-state index contributed by atoms with van der Waals surface area (Å²) in [6, 6.07) is 15.8. The molecule has 8 atom stereocenters. The number of Topliss-reactive ketones (excluding diaryl/α,β-unsaturated/α-hetero) is 2. The number of benzene rings is 3. The number of nitrogens with zero attached hydrogens (tertiary/aromatic N) is 2. The van der Waals surface area contributed by atoms with Gasteiger partial charge in [-0.15, -0.1) is 37.2 Å². The molecule has 7 rings (SSSR count). The molecule has 3 aromatic carbocycles. The minimum absolute atomic E-state index is 0. The number of ketones is 2. The van der Waals surface area contributed by atoms with E-state index in [1.54, 1.807) is 37.7 Å². The van der Waals surface area contributed by atoms with E-state index in [2.05, 4.69) is 44.0 Å². The van der Waals surface area contributed by atoms with Gasteiger partial charge in [0.25, 0.3) is 0 Å². The average molecular weight is 1110 g/mol. The number of hydrogen-bond donors (Lipinski definition) is 7. The Balaban J connectivity index is 0.00000416. The Morgan fingerprint density at radius 3 is 1.36 bits per heavy atom. The Morgan fingerprint density at radius 1 is 0.566 bits per heavy atom. The first-order chi connectivity index (χ1) is 35.2. The van der Waals surface area contributed by atoms with Crippen molar-refractivity contribution < 1.29 is 38.4 Å². The molecule has 0 aromatic heterocycles. The molecular weight excluding hydrogens is 1030 g/mol. The van der Waals surface area contributed by atoms with Crippen molar-refractivity contribution in [3.05, 3.63) is 100 Å². The van der Waals surface area contributed by atoms with Gasteiger partial charge in [-0.25, -0.2) is 0 Å². The lowest BCUT2D eigenvalue weighted by Crippen LogP contribution is -2.55. The number of carbonyl (C=O) groups excluding carboxylic acids is 8. The summed E-state index contributed by atoms with van der Waals surface area (Å²) in [6.07, 6.45) is 8.33. The van der Waals surface area contributed by atoms with Gasteiger partial charge in [-0.1, -0.05) is 48.5 Å². The van der Waals surface area contributed by atoms with Gasteiger partial charge in [-0.3, -0.25) is 38.4 Å². The monoisotopic (exact) mass is 1110 g/mol. The van der Waals surface area contributed by atoms with Crippen molar-refractivity contribution >= 4 is 89.9 Å². The fourth-order valence-electron chi connectivity index (χ4n) is 10.9. The number of hydrogen-bond acceptors (Lipinski definition) is 11. The first-order valence-electron chi connectivity index (χ1n) is 26.5. The van der Waals surface area contributed by atoms with E-state index in [1.165, 1.54) is 29.3 Å². The van der Waals surface area contributed by atoms with E-state index in [9.17, 15) is 38.4 Å². The number of fused-ring (bicyclic) bond motifs is 2. The van der Waals surface area contributed by atoms with E-state index in [0.717, 1.165) is 49.7 Å².